The molecule has 78 valence electrons. The van der Waals surface area contributed by atoms with E-state index in [-0.39, 0.29) is 0 Å². The summed E-state index contributed by atoms with van der Waals surface area (Å²) >= 11 is 0. The summed E-state index contributed by atoms with van der Waals surface area (Å²) in [7, 11) is 0. The zero-order valence-corrected chi connectivity index (χ0v) is 7.94. The average Bonchev–Trinajstić information content (AvgIpc) is 3.01. The molecular formula is C9H5N5O2. The highest BCUT2D eigenvalue weighted by molar-refractivity contribution is 5.49. The zero-order chi connectivity index (χ0) is 10.8. The van der Waals surface area contributed by atoms with Crippen molar-refractivity contribution in [3.63, 3.8) is 0 Å². The van der Waals surface area contributed by atoms with Crippen molar-refractivity contribution in [2.45, 2.75) is 0 Å². The van der Waals surface area contributed by atoms with E-state index in [1.807, 2.05) is 0 Å². The number of hydrogen-bond donors (Lipinski definition) is 0. The van der Waals surface area contributed by atoms with Gasteiger partial charge >= 0.3 is 0 Å². The second-order valence-electron chi connectivity index (χ2n) is 2.86. The molecule has 7 nitrogen and oxygen atoms in total. The van der Waals surface area contributed by atoms with Crippen LogP contribution in [0.15, 0.2) is 40.0 Å². The molecule has 0 aromatic carbocycles. The van der Waals surface area contributed by atoms with Crippen LogP contribution in [0.5, 0.6) is 0 Å². The molecule has 0 aliphatic rings. The summed E-state index contributed by atoms with van der Waals surface area (Å²) in [5.74, 6) is 1.46. The second kappa shape index (κ2) is 3.54. The van der Waals surface area contributed by atoms with Gasteiger partial charge < -0.3 is 8.94 Å². The molecular weight excluding hydrogens is 210 g/mol. The van der Waals surface area contributed by atoms with Gasteiger partial charge in [0.25, 0.3) is 5.89 Å². The molecule has 0 fully saturated rings. The van der Waals surface area contributed by atoms with E-state index < -0.39 is 0 Å². The molecule has 0 N–H and O–H groups in total. The van der Waals surface area contributed by atoms with Crippen LogP contribution in [0.25, 0.3) is 23.3 Å². The van der Waals surface area contributed by atoms with Crippen LogP contribution in [0.1, 0.15) is 0 Å². The first kappa shape index (κ1) is 8.72. The van der Waals surface area contributed by atoms with Gasteiger partial charge in [0, 0.05) is 0 Å². The van der Waals surface area contributed by atoms with Gasteiger partial charge in [-0.15, -0.1) is 0 Å². The summed E-state index contributed by atoms with van der Waals surface area (Å²) < 4.78 is 10.1. The second-order valence-corrected chi connectivity index (χ2v) is 2.86. The molecule has 3 rings (SSSR count). The summed E-state index contributed by atoms with van der Waals surface area (Å²) in [5, 5.41) is 3.74. The Kier molecular flexibility index (Phi) is 1.93. The van der Waals surface area contributed by atoms with E-state index in [0.717, 1.165) is 0 Å². The van der Waals surface area contributed by atoms with E-state index in [9.17, 15) is 0 Å². The highest BCUT2D eigenvalue weighted by Gasteiger charge is 2.13. The monoisotopic (exact) mass is 215 g/mol. The maximum Gasteiger partial charge on any atom is 0.294 e. The number of nitrogens with zero attached hydrogens (tertiary/aromatic N) is 5. The van der Waals surface area contributed by atoms with Gasteiger partial charge in [0.15, 0.2) is 5.76 Å². The fraction of sp³-hybridized carbons (Fsp3) is 0. The highest BCUT2D eigenvalue weighted by atomic mass is 16.5. The zero-order valence-electron chi connectivity index (χ0n) is 7.94. The van der Waals surface area contributed by atoms with Gasteiger partial charge in [0.1, 0.15) is 12.7 Å². The molecule has 7 heteroatoms. The molecule has 0 aliphatic carbocycles. The van der Waals surface area contributed by atoms with Crippen LogP contribution >= 0.6 is 0 Å². The van der Waals surface area contributed by atoms with Gasteiger partial charge in [0.2, 0.25) is 11.6 Å². The molecule has 0 spiro atoms. The van der Waals surface area contributed by atoms with Crippen molar-refractivity contribution in [2.75, 3.05) is 0 Å². The molecule has 0 atom stereocenters. The average molecular weight is 215 g/mol. The fourth-order valence-corrected chi connectivity index (χ4v) is 1.17. The van der Waals surface area contributed by atoms with Crippen molar-refractivity contribution in [1.29, 1.82) is 0 Å². The summed E-state index contributed by atoms with van der Waals surface area (Å²) in [4.78, 5) is 15.6. The standard InChI is InChI=1S/C9H5N5O2/c1-2-6(15-3-1)9-13-8(14-16-9)7-11-4-10-5-12-7/h1-5H. The van der Waals surface area contributed by atoms with Gasteiger partial charge in [-0.3, -0.25) is 0 Å². The number of rotatable bonds is 2. The van der Waals surface area contributed by atoms with Gasteiger partial charge in [-0.1, -0.05) is 5.16 Å². The SMILES string of the molecule is c1coc(-c2nc(-c3ncncn3)no2)c1. The minimum absolute atomic E-state index is 0.292. The van der Waals surface area contributed by atoms with Crippen molar-refractivity contribution in [1.82, 2.24) is 25.1 Å². The lowest BCUT2D eigenvalue weighted by molar-refractivity contribution is 0.416. The van der Waals surface area contributed by atoms with Crippen LogP contribution in [0, 0.1) is 0 Å². The maximum atomic E-state index is 5.12. The fourth-order valence-electron chi connectivity index (χ4n) is 1.17. The topological polar surface area (TPSA) is 90.7 Å². The van der Waals surface area contributed by atoms with Crippen LogP contribution in [-0.4, -0.2) is 25.1 Å². The lowest BCUT2D eigenvalue weighted by Crippen LogP contribution is -1.90. The van der Waals surface area contributed by atoms with Gasteiger partial charge in [-0.25, -0.2) is 15.0 Å². The summed E-state index contributed by atoms with van der Waals surface area (Å²) in [5.41, 5.74) is 0. The maximum absolute atomic E-state index is 5.12. The predicted octanol–water partition coefficient (Wildman–Crippen LogP) is 1.18. The number of furan rings is 1. The number of aromatic nitrogens is 5. The Balaban J connectivity index is 2.00. The molecule has 3 heterocycles. The Hall–Kier alpha value is -2.57. The molecule has 3 aromatic rings. The Labute approximate surface area is 89.2 Å². The summed E-state index contributed by atoms with van der Waals surface area (Å²) in [6.45, 7) is 0. The highest BCUT2D eigenvalue weighted by Crippen LogP contribution is 2.19. The third kappa shape index (κ3) is 1.44. The smallest absolute Gasteiger partial charge is 0.294 e. The van der Waals surface area contributed by atoms with E-state index in [1.54, 1.807) is 12.1 Å². The first-order valence-corrected chi connectivity index (χ1v) is 4.43. The van der Waals surface area contributed by atoms with Crippen LogP contribution in [0.4, 0.5) is 0 Å². The first-order chi connectivity index (χ1) is 7.93. The van der Waals surface area contributed by atoms with Crippen LogP contribution in [0.2, 0.25) is 0 Å². The number of hydrogen-bond acceptors (Lipinski definition) is 7. The Morgan fingerprint density at radius 2 is 1.94 bits per heavy atom. The molecule has 0 radical (unpaired) electrons. The van der Waals surface area contributed by atoms with Crippen molar-refractivity contribution < 1.29 is 8.94 Å². The third-order valence-electron chi connectivity index (χ3n) is 1.85. The molecule has 0 saturated heterocycles. The van der Waals surface area contributed by atoms with Crippen molar-refractivity contribution in [3.05, 3.63) is 31.1 Å². The first-order valence-electron chi connectivity index (χ1n) is 4.43. The van der Waals surface area contributed by atoms with E-state index in [4.69, 9.17) is 8.94 Å². The normalized spacial score (nSPS) is 10.5. The van der Waals surface area contributed by atoms with E-state index >= 15 is 0 Å². The molecule has 16 heavy (non-hydrogen) atoms. The van der Waals surface area contributed by atoms with Crippen molar-refractivity contribution in [3.8, 4) is 23.3 Å². The largest absolute Gasteiger partial charge is 0.459 e. The molecule has 0 aliphatic heterocycles. The Morgan fingerprint density at radius 1 is 1.06 bits per heavy atom. The van der Waals surface area contributed by atoms with E-state index in [2.05, 4.69) is 25.1 Å². The summed E-state index contributed by atoms with van der Waals surface area (Å²) in [6.07, 6.45) is 4.26. The van der Waals surface area contributed by atoms with Crippen LogP contribution < -0.4 is 0 Å². The van der Waals surface area contributed by atoms with Crippen LogP contribution in [-0.2, 0) is 0 Å². The molecule has 3 aromatic heterocycles. The van der Waals surface area contributed by atoms with Gasteiger partial charge in [-0.2, -0.15) is 4.98 Å². The van der Waals surface area contributed by atoms with Crippen molar-refractivity contribution >= 4 is 0 Å². The Bertz CT molecular complexity index is 575. The lowest BCUT2D eigenvalue weighted by atomic mass is 10.4. The third-order valence-corrected chi connectivity index (χ3v) is 1.85. The molecule has 0 unspecified atom stereocenters. The minimum Gasteiger partial charge on any atom is -0.459 e. The van der Waals surface area contributed by atoms with Crippen LogP contribution in [0.3, 0.4) is 0 Å². The summed E-state index contributed by atoms with van der Waals surface area (Å²) in [6, 6.07) is 3.47. The van der Waals surface area contributed by atoms with Gasteiger partial charge in [0.05, 0.1) is 6.26 Å². The minimum atomic E-state index is 0.292. The molecule has 0 bridgehead atoms. The van der Waals surface area contributed by atoms with Gasteiger partial charge in [-0.05, 0) is 12.1 Å². The lowest BCUT2D eigenvalue weighted by Gasteiger charge is -1.87. The molecule has 0 saturated carbocycles. The predicted molar refractivity (Wildman–Crippen MR) is 50.8 cm³/mol. The van der Waals surface area contributed by atoms with E-state index in [0.29, 0.717) is 23.3 Å². The van der Waals surface area contributed by atoms with Crippen molar-refractivity contribution in [2.24, 2.45) is 0 Å². The quantitative estimate of drug-likeness (QED) is 0.633. The van der Waals surface area contributed by atoms with E-state index in [1.165, 1.54) is 18.9 Å². The molecule has 0 amide bonds. The Morgan fingerprint density at radius 3 is 2.69 bits per heavy atom.